The van der Waals surface area contributed by atoms with E-state index in [4.69, 9.17) is 19.6 Å². The summed E-state index contributed by atoms with van der Waals surface area (Å²) >= 11 is 0. The molecule has 4 heteroatoms. The monoisotopic (exact) mass is 354 g/mol. The van der Waals surface area contributed by atoms with Gasteiger partial charge in [-0.2, -0.15) is 0 Å². The first-order valence-corrected chi connectivity index (χ1v) is 9.30. The Morgan fingerprint density at radius 1 is 0.462 bits per heavy atom. The van der Waals surface area contributed by atoms with Crippen LogP contribution in [0.1, 0.15) is 77.6 Å². The lowest BCUT2D eigenvalue weighted by Crippen LogP contribution is -2.52. The van der Waals surface area contributed by atoms with Crippen LogP contribution in [0.4, 0.5) is 0 Å². The molecule has 1 aromatic carbocycles. The van der Waals surface area contributed by atoms with E-state index in [9.17, 15) is 0 Å². The lowest BCUT2D eigenvalue weighted by molar-refractivity contribution is -0.426. The SMILES string of the molecule is CC1=C(C)[C@@]2(C)OO[C@]1(C)c1cc3c(cc12)[C@@]1(C)OO[C@]3(C)C(C)=C1C. The Balaban J connectivity index is 1.88. The summed E-state index contributed by atoms with van der Waals surface area (Å²) in [4.78, 5) is 23.6. The van der Waals surface area contributed by atoms with Crippen LogP contribution in [0.5, 0.6) is 0 Å². The molecule has 1 aromatic rings. The van der Waals surface area contributed by atoms with Crippen LogP contribution in [-0.2, 0) is 42.0 Å². The maximum atomic E-state index is 5.91. The van der Waals surface area contributed by atoms with Gasteiger partial charge in [-0.15, -0.1) is 0 Å². The van der Waals surface area contributed by atoms with Gasteiger partial charge in [-0.25, -0.2) is 19.6 Å². The van der Waals surface area contributed by atoms with Gasteiger partial charge in [0, 0.05) is 0 Å². The fraction of sp³-hybridized carbons (Fsp3) is 0.545. The molecule has 7 rings (SSSR count). The summed E-state index contributed by atoms with van der Waals surface area (Å²) < 4.78 is 0. The zero-order valence-electron chi connectivity index (χ0n) is 16.8. The van der Waals surface area contributed by atoms with E-state index >= 15 is 0 Å². The summed E-state index contributed by atoms with van der Waals surface area (Å²) in [5.74, 6) is 0. The van der Waals surface area contributed by atoms with E-state index in [2.05, 4.69) is 67.5 Å². The fourth-order valence-electron chi connectivity index (χ4n) is 5.18. The molecule has 26 heavy (non-hydrogen) atoms. The Hall–Kier alpha value is -1.46. The molecule has 0 spiro atoms. The van der Waals surface area contributed by atoms with Crippen molar-refractivity contribution in [2.24, 2.45) is 0 Å². The van der Waals surface area contributed by atoms with E-state index in [1.54, 1.807) is 0 Å². The van der Waals surface area contributed by atoms with Crippen molar-refractivity contribution in [1.29, 1.82) is 0 Å². The van der Waals surface area contributed by atoms with Crippen molar-refractivity contribution < 1.29 is 19.6 Å². The number of hydrogen-bond donors (Lipinski definition) is 0. The maximum Gasteiger partial charge on any atom is 0.147 e. The van der Waals surface area contributed by atoms with Gasteiger partial charge in [-0.1, -0.05) is 0 Å². The number of rotatable bonds is 0. The molecule has 0 fully saturated rings. The average Bonchev–Trinajstić information content (AvgIpc) is 2.62. The Kier molecular flexibility index (Phi) is 2.78. The van der Waals surface area contributed by atoms with Crippen LogP contribution in [0.2, 0.25) is 0 Å². The minimum absolute atomic E-state index is 0.576. The van der Waals surface area contributed by atoms with Gasteiger partial charge in [0.15, 0.2) is 0 Å². The molecule has 6 aliphatic rings. The summed E-state index contributed by atoms with van der Waals surface area (Å²) in [6.45, 7) is 16.9. The van der Waals surface area contributed by atoms with Crippen LogP contribution in [0.3, 0.4) is 0 Å². The predicted octanol–water partition coefficient (Wildman–Crippen LogP) is 5.17. The minimum Gasteiger partial charge on any atom is -0.220 e. The molecule has 0 N–H and O–H groups in total. The van der Waals surface area contributed by atoms with Gasteiger partial charge in [0.25, 0.3) is 0 Å². The molecule has 0 radical (unpaired) electrons. The third-order valence-electron chi connectivity index (χ3n) is 7.95. The first-order chi connectivity index (χ1) is 12.0. The molecule has 0 saturated carbocycles. The highest BCUT2D eigenvalue weighted by atomic mass is 17.2. The Morgan fingerprint density at radius 2 is 0.654 bits per heavy atom. The van der Waals surface area contributed by atoms with E-state index in [-0.39, 0.29) is 0 Å². The molecular formula is C22H26O4. The van der Waals surface area contributed by atoms with Gasteiger partial charge in [-0.05, 0) is 112 Å². The van der Waals surface area contributed by atoms with Crippen LogP contribution >= 0.6 is 0 Å². The second-order valence-electron chi connectivity index (χ2n) is 8.91. The second kappa shape index (κ2) is 4.33. The summed E-state index contributed by atoms with van der Waals surface area (Å²) in [5, 5.41) is 0. The number of benzene rings is 1. The normalized spacial score (nSPS) is 43.1. The Labute approximate surface area is 154 Å². The van der Waals surface area contributed by atoms with E-state index in [0.717, 1.165) is 0 Å². The average molecular weight is 354 g/mol. The number of fused-ring (bicyclic) bond motifs is 2. The Morgan fingerprint density at radius 3 is 0.846 bits per heavy atom. The molecule has 0 aromatic heterocycles. The minimum atomic E-state index is -0.576. The molecule has 0 amide bonds. The highest BCUT2D eigenvalue weighted by Crippen LogP contribution is 2.61. The van der Waals surface area contributed by atoms with Crippen molar-refractivity contribution in [1.82, 2.24) is 0 Å². The third-order valence-corrected chi connectivity index (χ3v) is 7.95. The first-order valence-electron chi connectivity index (χ1n) is 9.30. The smallest absolute Gasteiger partial charge is 0.147 e. The lowest BCUT2D eigenvalue weighted by Gasteiger charge is -2.55. The fourth-order valence-corrected chi connectivity index (χ4v) is 5.18. The van der Waals surface area contributed by atoms with Crippen molar-refractivity contribution in [2.45, 2.75) is 77.8 Å². The van der Waals surface area contributed by atoms with Gasteiger partial charge in [-0.3, -0.25) is 0 Å². The highest BCUT2D eigenvalue weighted by Gasteiger charge is 2.58. The van der Waals surface area contributed by atoms with Gasteiger partial charge >= 0.3 is 0 Å². The summed E-state index contributed by atoms with van der Waals surface area (Å²) in [6.07, 6.45) is 0. The van der Waals surface area contributed by atoms with Crippen molar-refractivity contribution in [2.75, 3.05) is 0 Å². The van der Waals surface area contributed by atoms with Crippen molar-refractivity contribution in [3.8, 4) is 0 Å². The molecule has 138 valence electrons. The van der Waals surface area contributed by atoms with E-state index in [1.165, 1.54) is 44.5 Å². The zero-order chi connectivity index (χ0) is 18.9. The van der Waals surface area contributed by atoms with Crippen LogP contribution < -0.4 is 0 Å². The molecule has 4 bridgehead atoms. The second-order valence-corrected chi connectivity index (χ2v) is 8.91. The topological polar surface area (TPSA) is 36.9 Å². The lowest BCUT2D eigenvalue weighted by atomic mass is 9.63. The molecule has 0 saturated heterocycles. The van der Waals surface area contributed by atoms with Gasteiger partial charge in [0.1, 0.15) is 22.4 Å². The van der Waals surface area contributed by atoms with Crippen LogP contribution in [0, 0.1) is 0 Å². The molecular weight excluding hydrogens is 328 g/mol. The highest BCUT2D eigenvalue weighted by molar-refractivity contribution is 5.61. The maximum absolute atomic E-state index is 5.91. The van der Waals surface area contributed by atoms with Crippen LogP contribution in [-0.4, -0.2) is 0 Å². The van der Waals surface area contributed by atoms with Gasteiger partial charge in [0.05, 0.1) is 0 Å². The summed E-state index contributed by atoms with van der Waals surface area (Å²) in [6, 6.07) is 4.52. The number of hydrogen-bond acceptors (Lipinski definition) is 4. The largest absolute Gasteiger partial charge is 0.220 e. The molecule has 4 nitrogen and oxygen atoms in total. The molecule has 4 aliphatic heterocycles. The standard InChI is InChI=1S/C22H26O4/c1-11-12(2)20(6)16-10-18-17(9-15(16)19(11,5)23-24-20)21(7)13(3)14(4)22(18,8)26-25-21/h9-10H,1-8H3/t19-,20+,21+,22-. The van der Waals surface area contributed by atoms with Crippen LogP contribution in [0.15, 0.2) is 34.4 Å². The third kappa shape index (κ3) is 1.46. The zero-order valence-corrected chi connectivity index (χ0v) is 16.8. The quantitative estimate of drug-likeness (QED) is 0.476. The molecule has 4 heterocycles. The van der Waals surface area contributed by atoms with E-state index in [1.807, 2.05) is 0 Å². The van der Waals surface area contributed by atoms with Crippen LogP contribution in [0.25, 0.3) is 0 Å². The molecule has 0 unspecified atom stereocenters. The van der Waals surface area contributed by atoms with Crippen molar-refractivity contribution in [3.05, 3.63) is 56.7 Å². The van der Waals surface area contributed by atoms with E-state index in [0.29, 0.717) is 0 Å². The summed E-state index contributed by atoms with van der Waals surface area (Å²) in [5.41, 5.74) is 7.24. The summed E-state index contributed by atoms with van der Waals surface area (Å²) in [7, 11) is 0. The molecule has 4 atom stereocenters. The first kappa shape index (κ1) is 16.7. The van der Waals surface area contributed by atoms with Gasteiger partial charge < -0.3 is 0 Å². The van der Waals surface area contributed by atoms with Crippen molar-refractivity contribution in [3.63, 3.8) is 0 Å². The Bertz CT molecular complexity index is 809. The van der Waals surface area contributed by atoms with E-state index < -0.39 is 22.4 Å². The predicted molar refractivity (Wildman–Crippen MR) is 96.9 cm³/mol. The van der Waals surface area contributed by atoms with Crippen molar-refractivity contribution >= 4 is 0 Å². The molecule has 2 aliphatic carbocycles. The van der Waals surface area contributed by atoms with Gasteiger partial charge in [0.2, 0.25) is 0 Å².